The van der Waals surface area contributed by atoms with E-state index < -0.39 is 12.0 Å². The van der Waals surface area contributed by atoms with Crippen LogP contribution in [0.2, 0.25) is 0 Å². The summed E-state index contributed by atoms with van der Waals surface area (Å²) in [7, 11) is 0. The first-order valence-corrected chi connectivity index (χ1v) is 7.88. The van der Waals surface area contributed by atoms with E-state index >= 15 is 0 Å². The molecule has 0 aliphatic carbocycles. The summed E-state index contributed by atoms with van der Waals surface area (Å²) in [5.41, 5.74) is 1.69. The van der Waals surface area contributed by atoms with Gasteiger partial charge in [0.25, 0.3) is 0 Å². The van der Waals surface area contributed by atoms with Gasteiger partial charge in [0, 0.05) is 11.4 Å². The molecule has 0 saturated heterocycles. The van der Waals surface area contributed by atoms with Gasteiger partial charge in [-0.25, -0.2) is 14.8 Å². The summed E-state index contributed by atoms with van der Waals surface area (Å²) >= 11 is 1.21. The van der Waals surface area contributed by atoms with Crippen molar-refractivity contribution in [1.29, 1.82) is 0 Å². The number of thioether (sulfide) groups is 1. The largest absolute Gasteiger partial charge is 0.480 e. The Morgan fingerprint density at radius 1 is 1.33 bits per heavy atom. The van der Waals surface area contributed by atoms with Crippen LogP contribution in [0, 0.1) is 13.8 Å². The monoisotopic (exact) mass is 311 g/mol. The van der Waals surface area contributed by atoms with Crippen molar-refractivity contribution in [2.45, 2.75) is 51.2 Å². The average Bonchev–Trinajstić information content (AvgIpc) is 2.39. The summed E-state index contributed by atoms with van der Waals surface area (Å²) in [5.74, 6) is -1.20. The minimum Gasteiger partial charge on any atom is -0.480 e. The van der Waals surface area contributed by atoms with Gasteiger partial charge in [0.1, 0.15) is 6.04 Å². The van der Waals surface area contributed by atoms with Gasteiger partial charge in [-0.1, -0.05) is 31.5 Å². The van der Waals surface area contributed by atoms with Gasteiger partial charge in [0.2, 0.25) is 5.91 Å². The quantitative estimate of drug-likeness (QED) is 0.563. The Bertz CT molecular complexity index is 488. The number of hydrogen-bond acceptors (Lipinski definition) is 5. The van der Waals surface area contributed by atoms with Crippen LogP contribution >= 0.6 is 11.8 Å². The van der Waals surface area contributed by atoms with Crippen LogP contribution in [-0.2, 0) is 9.59 Å². The molecule has 1 rings (SSSR count). The number of carboxylic acids is 1. The van der Waals surface area contributed by atoms with Crippen LogP contribution < -0.4 is 5.32 Å². The van der Waals surface area contributed by atoms with Crippen LogP contribution in [0.25, 0.3) is 0 Å². The molecule has 116 valence electrons. The molecule has 0 aliphatic rings. The third kappa shape index (κ3) is 6.57. The Hall–Kier alpha value is -1.63. The van der Waals surface area contributed by atoms with E-state index in [1.54, 1.807) is 0 Å². The number of carboxylic acid groups (broad SMARTS) is 1. The number of unbranched alkanes of at least 4 members (excludes halogenated alkanes) is 1. The molecule has 0 aliphatic heterocycles. The van der Waals surface area contributed by atoms with E-state index in [-0.39, 0.29) is 11.7 Å². The highest BCUT2D eigenvalue weighted by Crippen LogP contribution is 2.13. The summed E-state index contributed by atoms with van der Waals surface area (Å²) < 4.78 is 0. The molecule has 0 radical (unpaired) electrons. The van der Waals surface area contributed by atoms with Crippen LogP contribution in [0.3, 0.4) is 0 Å². The van der Waals surface area contributed by atoms with Crippen molar-refractivity contribution in [2.75, 3.05) is 5.75 Å². The van der Waals surface area contributed by atoms with Gasteiger partial charge in [-0.2, -0.15) is 0 Å². The Balaban J connectivity index is 2.50. The first-order chi connectivity index (χ1) is 9.92. The first kappa shape index (κ1) is 17.4. The minimum absolute atomic E-state index is 0.110. The van der Waals surface area contributed by atoms with Crippen molar-refractivity contribution in [2.24, 2.45) is 0 Å². The Labute approximate surface area is 128 Å². The maximum absolute atomic E-state index is 11.8. The van der Waals surface area contributed by atoms with E-state index in [0.717, 1.165) is 24.2 Å². The van der Waals surface area contributed by atoms with E-state index in [1.807, 2.05) is 26.8 Å². The molecule has 1 heterocycles. The normalized spacial score (nSPS) is 12.0. The molecule has 0 aromatic carbocycles. The number of aryl methyl sites for hydroxylation is 2. The SMILES string of the molecule is CCCC[C@H](NC(=O)CSc1nc(C)cc(C)n1)C(=O)O. The maximum atomic E-state index is 11.8. The lowest BCUT2D eigenvalue weighted by Crippen LogP contribution is -2.41. The highest BCUT2D eigenvalue weighted by Gasteiger charge is 2.19. The van der Waals surface area contributed by atoms with E-state index in [9.17, 15) is 9.59 Å². The molecule has 6 nitrogen and oxygen atoms in total. The molecule has 1 aromatic rings. The number of nitrogens with one attached hydrogen (secondary N) is 1. The number of hydrogen-bond donors (Lipinski definition) is 2. The minimum atomic E-state index is -0.996. The lowest BCUT2D eigenvalue weighted by Gasteiger charge is -2.13. The molecule has 1 amide bonds. The van der Waals surface area contributed by atoms with Crippen molar-refractivity contribution in [3.8, 4) is 0 Å². The number of carbonyl (C=O) groups is 2. The van der Waals surface area contributed by atoms with Crippen LogP contribution in [0.4, 0.5) is 0 Å². The number of amides is 1. The van der Waals surface area contributed by atoms with Gasteiger partial charge in [0.15, 0.2) is 5.16 Å². The zero-order valence-corrected chi connectivity index (χ0v) is 13.4. The van der Waals surface area contributed by atoms with E-state index in [0.29, 0.717) is 11.6 Å². The number of aliphatic carboxylic acids is 1. The summed E-state index contributed by atoms with van der Waals surface area (Å²) in [6.45, 7) is 5.71. The second kappa shape index (κ2) is 8.61. The number of aromatic nitrogens is 2. The summed E-state index contributed by atoms with van der Waals surface area (Å²) in [6, 6.07) is 1.04. The lowest BCUT2D eigenvalue weighted by molar-refractivity contribution is -0.141. The second-order valence-corrected chi connectivity index (χ2v) is 5.77. The van der Waals surface area contributed by atoms with E-state index in [4.69, 9.17) is 5.11 Å². The maximum Gasteiger partial charge on any atom is 0.326 e. The zero-order chi connectivity index (χ0) is 15.8. The van der Waals surface area contributed by atoms with Gasteiger partial charge < -0.3 is 10.4 Å². The fourth-order valence-electron chi connectivity index (χ4n) is 1.79. The predicted molar refractivity (Wildman–Crippen MR) is 81.3 cm³/mol. The molecular formula is C14H21N3O3S. The summed E-state index contributed by atoms with van der Waals surface area (Å²) in [6.07, 6.45) is 2.11. The highest BCUT2D eigenvalue weighted by atomic mass is 32.2. The lowest BCUT2D eigenvalue weighted by atomic mass is 10.1. The van der Waals surface area contributed by atoms with Crippen LogP contribution in [0.1, 0.15) is 37.6 Å². The predicted octanol–water partition coefficient (Wildman–Crippen LogP) is 1.95. The Morgan fingerprint density at radius 3 is 2.48 bits per heavy atom. The third-order valence-electron chi connectivity index (χ3n) is 2.77. The molecule has 0 unspecified atom stereocenters. The molecule has 0 bridgehead atoms. The summed E-state index contributed by atoms with van der Waals surface area (Å²) in [4.78, 5) is 31.3. The molecular weight excluding hydrogens is 290 g/mol. The van der Waals surface area contributed by atoms with Crippen molar-refractivity contribution in [3.63, 3.8) is 0 Å². The highest BCUT2D eigenvalue weighted by molar-refractivity contribution is 7.99. The van der Waals surface area contributed by atoms with Crippen molar-refractivity contribution < 1.29 is 14.7 Å². The van der Waals surface area contributed by atoms with Crippen LogP contribution in [0.5, 0.6) is 0 Å². The molecule has 21 heavy (non-hydrogen) atoms. The third-order valence-corrected chi connectivity index (χ3v) is 3.62. The number of carbonyl (C=O) groups excluding carboxylic acids is 1. The van der Waals surface area contributed by atoms with Crippen molar-refractivity contribution in [3.05, 3.63) is 17.5 Å². The molecule has 1 aromatic heterocycles. The van der Waals surface area contributed by atoms with Crippen LogP contribution in [-0.4, -0.2) is 38.7 Å². The molecule has 1 atom stereocenters. The van der Waals surface area contributed by atoms with Gasteiger partial charge in [-0.15, -0.1) is 0 Å². The van der Waals surface area contributed by atoms with Gasteiger partial charge in [-0.05, 0) is 26.3 Å². The van der Waals surface area contributed by atoms with Gasteiger partial charge >= 0.3 is 5.97 Å². The van der Waals surface area contributed by atoms with Crippen LogP contribution in [0.15, 0.2) is 11.2 Å². The van der Waals surface area contributed by atoms with Crippen molar-refractivity contribution in [1.82, 2.24) is 15.3 Å². The standard InChI is InChI=1S/C14H21N3O3S/c1-4-5-6-11(13(19)20)17-12(18)8-21-14-15-9(2)7-10(3)16-14/h7,11H,4-6,8H2,1-3H3,(H,17,18)(H,19,20)/t11-/m0/s1. The van der Waals surface area contributed by atoms with Crippen molar-refractivity contribution >= 4 is 23.6 Å². The average molecular weight is 311 g/mol. The molecule has 0 saturated carbocycles. The van der Waals surface area contributed by atoms with E-state index in [2.05, 4.69) is 15.3 Å². The molecule has 7 heteroatoms. The summed E-state index contributed by atoms with van der Waals surface area (Å²) in [5, 5.41) is 12.1. The fourth-order valence-corrected chi connectivity index (χ4v) is 2.55. The zero-order valence-electron chi connectivity index (χ0n) is 12.5. The molecule has 2 N–H and O–H groups in total. The van der Waals surface area contributed by atoms with E-state index in [1.165, 1.54) is 11.8 Å². The number of rotatable bonds is 8. The topological polar surface area (TPSA) is 92.2 Å². The smallest absolute Gasteiger partial charge is 0.326 e. The number of nitrogens with zero attached hydrogens (tertiary/aromatic N) is 2. The Morgan fingerprint density at radius 2 is 1.95 bits per heavy atom. The van der Waals surface area contributed by atoms with Gasteiger partial charge in [-0.3, -0.25) is 4.79 Å². The Kier molecular flexibility index (Phi) is 7.14. The fraction of sp³-hybridized carbons (Fsp3) is 0.571. The molecule has 0 fully saturated rings. The van der Waals surface area contributed by atoms with Gasteiger partial charge in [0.05, 0.1) is 5.75 Å². The first-order valence-electron chi connectivity index (χ1n) is 6.89. The molecule has 0 spiro atoms. The second-order valence-electron chi connectivity index (χ2n) is 4.82.